The second-order valence-electron chi connectivity index (χ2n) is 5.80. The van der Waals surface area contributed by atoms with Crippen LogP contribution in [0.3, 0.4) is 0 Å². The highest BCUT2D eigenvalue weighted by Crippen LogP contribution is 2.33. The maximum atomic E-state index is 12.5. The maximum Gasteiger partial charge on any atom is 0.308 e. The topological polar surface area (TPSA) is 66.8 Å². The summed E-state index contributed by atoms with van der Waals surface area (Å²) in [4.78, 5) is 25.6. The first-order chi connectivity index (χ1) is 11.0. The van der Waals surface area contributed by atoms with Crippen molar-refractivity contribution in [1.82, 2.24) is 4.90 Å². The highest BCUT2D eigenvalue weighted by atomic mass is 16.5. The van der Waals surface area contributed by atoms with Gasteiger partial charge in [0.2, 0.25) is 0 Å². The maximum absolute atomic E-state index is 12.5. The van der Waals surface area contributed by atoms with Crippen LogP contribution in [-0.4, -0.2) is 47.7 Å². The zero-order valence-electron chi connectivity index (χ0n) is 13.4. The van der Waals surface area contributed by atoms with Crippen LogP contribution < -0.4 is 0 Å². The molecule has 124 valence electrons. The van der Waals surface area contributed by atoms with Crippen LogP contribution in [0.1, 0.15) is 24.8 Å². The average molecular weight is 317 g/mol. The van der Waals surface area contributed by atoms with E-state index in [1.165, 1.54) is 0 Å². The van der Waals surface area contributed by atoms with E-state index < -0.39 is 18.0 Å². The molecule has 1 saturated heterocycles. The molecular weight excluding hydrogens is 294 g/mol. The molecule has 23 heavy (non-hydrogen) atoms. The Labute approximate surface area is 136 Å². The number of hydrogen-bond acceptors (Lipinski definition) is 3. The highest BCUT2D eigenvalue weighted by molar-refractivity contribution is 5.82. The Balaban J connectivity index is 2.06. The molecule has 0 aromatic heterocycles. The highest BCUT2D eigenvalue weighted by Gasteiger charge is 2.41. The van der Waals surface area contributed by atoms with Crippen LogP contribution >= 0.6 is 0 Å². The van der Waals surface area contributed by atoms with E-state index in [0.717, 1.165) is 5.56 Å². The number of carboxylic acid groups (broad SMARTS) is 1. The summed E-state index contributed by atoms with van der Waals surface area (Å²) in [5.74, 6) is -1.78. The van der Waals surface area contributed by atoms with Crippen LogP contribution in [-0.2, 0) is 14.3 Å². The molecule has 1 N–H and O–H groups in total. The standard InChI is InChI=1S/C18H23NO4/c1-3-4-10-23-13(2)17(20)19-11-15(16(12-19)18(21)22)14-8-6-5-7-9-14/h3,5-9,13,15-16H,1,4,10-12H2,2H3,(H,21,22)/t13?,15-,16-/m0/s1. The van der Waals surface area contributed by atoms with Crippen LogP contribution in [0.5, 0.6) is 0 Å². The van der Waals surface area contributed by atoms with E-state index in [0.29, 0.717) is 19.6 Å². The molecule has 0 bridgehead atoms. The number of carbonyl (C=O) groups is 2. The Hall–Kier alpha value is -2.14. The number of ether oxygens (including phenoxy) is 1. The fourth-order valence-corrected chi connectivity index (χ4v) is 2.93. The van der Waals surface area contributed by atoms with Gasteiger partial charge in [0.05, 0.1) is 12.5 Å². The zero-order chi connectivity index (χ0) is 16.8. The molecule has 1 aromatic carbocycles. The first kappa shape index (κ1) is 17.2. The molecule has 2 rings (SSSR count). The number of likely N-dealkylation sites (tertiary alicyclic amines) is 1. The van der Waals surface area contributed by atoms with E-state index in [2.05, 4.69) is 6.58 Å². The van der Waals surface area contributed by atoms with Gasteiger partial charge in [-0.2, -0.15) is 0 Å². The summed E-state index contributed by atoms with van der Waals surface area (Å²) in [6, 6.07) is 9.50. The van der Waals surface area contributed by atoms with E-state index >= 15 is 0 Å². The number of nitrogens with zero attached hydrogens (tertiary/aromatic N) is 1. The molecular formula is C18H23NO4. The van der Waals surface area contributed by atoms with Crippen molar-refractivity contribution in [2.45, 2.75) is 25.4 Å². The monoisotopic (exact) mass is 317 g/mol. The number of amides is 1. The molecule has 1 heterocycles. The van der Waals surface area contributed by atoms with Crippen molar-refractivity contribution in [3.8, 4) is 0 Å². The van der Waals surface area contributed by atoms with Gasteiger partial charge in [-0.05, 0) is 18.9 Å². The number of aliphatic carboxylic acids is 1. The van der Waals surface area contributed by atoms with Crippen molar-refractivity contribution in [3.05, 3.63) is 48.6 Å². The second kappa shape index (κ2) is 7.92. The van der Waals surface area contributed by atoms with E-state index in [9.17, 15) is 14.7 Å². The zero-order valence-corrected chi connectivity index (χ0v) is 13.4. The molecule has 0 spiro atoms. The van der Waals surface area contributed by atoms with Crippen molar-refractivity contribution < 1.29 is 19.4 Å². The van der Waals surface area contributed by atoms with Gasteiger partial charge in [-0.15, -0.1) is 6.58 Å². The van der Waals surface area contributed by atoms with Crippen molar-refractivity contribution in [2.75, 3.05) is 19.7 Å². The van der Waals surface area contributed by atoms with Crippen LogP contribution in [0.15, 0.2) is 43.0 Å². The lowest BCUT2D eigenvalue weighted by Gasteiger charge is -2.21. The molecule has 0 saturated carbocycles. The van der Waals surface area contributed by atoms with Crippen molar-refractivity contribution >= 4 is 11.9 Å². The van der Waals surface area contributed by atoms with Gasteiger partial charge in [-0.3, -0.25) is 9.59 Å². The largest absolute Gasteiger partial charge is 0.481 e. The molecule has 1 aromatic rings. The Kier molecular flexibility index (Phi) is 5.93. The number of carbonyl (C=O) groups excluding carboxylic acids is 1. The van der Waals surface area contributed by atoms with Crippen LogP contribution in [0.25, 0.3) is 0 Å². The number of carboxylic acids is 1. The Morgan fingerprint density at radius 2 is 2.09 bits per heavy atom. The van der Waals surface area contributed by atoms with Gasteiger partial charge in [0, 0.05) is 19.0 Å². The van der Waals surface area contributed by atoms with E-state index in [-0.39, 0.29) is 18.4 Å². The molecule has 5 heteroatoms. The fraction of sp³-hybridized carbons (Fsp3) is 0.444. The van der Waals surface area contributed by atoms with Gasteiger partial charge < -0.3 is 14.7 Å². The summed E-state index contributed by atoms with van der Waals surface area (Å²) in [6.07, 6.45) is 1.85. The summed E-state index contributed by atoms with van der Waals surface area (Å²) < 4.78 is 5.48. The smallest absolute Gasteiger partial charge is 0.308 e. The second-order valence-corrected chi connectivity index (χ2v) is 5.80. The minimum atomic E-state index is -0.866. The molecule has 3 atom stereocenters. The van der Waals surface area contributed by atoms with Gasteiger partial charge in [0.1, 0.15) is 6.10 Å². The first-order valence-corrected chi connectivity index (χ1v) is 7.83. The van der Waals surface area contributed by atoms with Crippen LogP contribution in [0.2, 0.25) is 0 Å². The predicted molar refractivity (Wildman–Crippen MR) is 87.1 cm³/mol. The third-order valence-electron chi connectivity index (χ3n) is 4.21. The molecule has 5 nitrogen and oxygen atoms in total. The third-order valence-corrected chi connectivity index (χ3v) is 4.21. The predicted octanol–water partition coefficient (Wildman–Crippen LogP) is 2.29. The Morgan fingerprint density at radius 3 is 2.70 bits per heavy atom. The van der Waals surface area contributed by atoms with Crippen molar-refractivity contribution in [3.63, 3.8) is 0 Å². The number of benzene rings is 1. The quantitative estimate of drug-likeness (QED) is 0.619. The number of rotatable bonds is 7. The van der Waals surface area contributed by atoms with Gasteiger partial charge in [0.25, 0.3) is 5.91 Å². The van der Waals surface area contributed by atoms with Gasteiger partial charge in [0.15, 0.2) is 0 Å². The number of hydrogen-bond donors (Lipinski definition) is 1. The van der Waals surface area contributed by atoms with Crippen molar-refractivity contribution in [2.24, 2.45) is 5.92 Å². The first-order valence-electron chi connectivity index (χ1n) is 7.83. The van der Waals surface area contributed by atoms with Crippen LogP contribution in [0, 0.1) is 5.92 Å². The summed E-state index contributed by atoms with van der Waals surface area (Å²) in [6.45, 7) is 6.39. The molecule has 1 unspecified atom stereocenters. The average Bonchev–Trinajstić information content (AvgIpc) is 3.00. The van der Waals surface area contributed by atoms with Gasteiger partial charge in [-0.1, -0.05) is 36.4 Å². The molecule has 1 amide bonds. The molecule has 0 radical (unpaired) electrons. The molecule has 1 aliphatic heterocycles. The minimum Gasteiger partial charge on any atom is -0.481 e. The van der Waals surface area contributed by atoms with E-state index in [1.807, 2.05) is 30.3 Å². The Morgan fingerprint density at radius 1 is 1.39 bits per heavy atom. The lowest BCUT2D eigenvalue weighted by Crippen LogP contribution is -2.38. The lowest BCUT2D eigenvalue weighted by atomic mass is 9.89. The lowest BCUT2D eigenvalue weighted by molar-refractivity contribution is -0.143. The summed E-state index contributed by atoms with van der Waals surface area (Å²) in [7, 11) is 0. The van der Waals surface area contributed by atoms with E-state index in [4.69, 9.17) is 4.74 Å². The third kappa shape index (κ3) is 4.20. The SMILES string of the molecule is C=CCCOC(C)C(=O)N1C[C@H](C(=O)O)[C@H](c2ccccc2)C1. The van der Waals surface area contributed by atoms with Crippen LogP contribution in [0.4, 0.5) is 0 Å². The fourth-order valence-electron chi connectivity index (χ4n) is 2.93. The molecule has 1 aliphatic rings. The molecule has 1 fully saturated rings. The van der Waals surface area contributed by atoms with E-state index in [1.54, 1.807) is 17.9 Å². The van der Waals surface area contributed by atoms with Gasteiger partial charge in [-0.25, -0.2) is 0 Å². The molecule has 0 aliphatic carbocycles. The Bertz CT molecular complexity index is 557. The summed E-state index contributed by atoms with van der Waals surface area (Å²) in [5.41, 5.74) is 0.954. The van der Waals surface area contributed by atoms with Crippen molar-refractivity contribution in [1.29, 1.82) is 0 Å². The summed E-state index contributed by atoms with van der Waals surface area (Å²) >= 11 is 0. The minimum absolute atomic E-state index is 0.154. The summed E-state index contributed by atoms with van der Waals surface area (Å²) in [5, 5.41) is 9.48. The normalized spacial score (nSPS) is 21.9. The van der Waals surface area contributed by atoms with Gasteiger partial charge >= 0.3 is 5.97 Å².